The van der Waals surface area contributed by atoms with E-state index in [4.69, 9.17) is 0 Å². The summed E-state index contributed by atoms with van der Waals surface area (Å²) < 4.78 is 2.53. The molecule has 3 heteroatoms. The van der Waals surface area contributed by atoms with E-state index in [1.807, 2.05) is 23.6 Å². The van der Waals surface area contributed by atoms with Crippen molar-refractivity contribution in [2.45, 2.75) is 0 Å². The molecular weight excluding hydrogens is 577 g/mol. The predicted molar refractivity (Wildman–Crippen MR) is 198 cm³/mol. The lowest BCUT2D eigenvalue weighted by Gasteiger charge is -2.26. The van der Waals surface area contributed by atoms with Crippen molar-refractivity contribution in [3.63, 3.8) is 0 Å². The fourth-order valence-corrected chi connectivity index (χ4v) is 7.68. The molecule has 46 heavy (non-hydrogen) atoms. The van der Waals surface area contributed by atoms with Crippen LogP contribution in [0.25, 0.3) is 64.1 Å². The third kappa shape index (κ3) is 4.70. The Morgan fingerprint density at radius 3 is 1.78 bits per heavy atom. The fraction of sp³-hybridized carbons (Fsp3) is 0. The molecular formula is C43H28N2S. The zero-order valence-corrected chi connectivity index (χ0v) is 25.8. The Labute approximate surface area is 271 Å². The molecule has 0 bridgehead atoms. The second kappa shape index (κ2) is 11.0. The van der Waals surface area contributed by atoms with E-state index in [9.17, 15) is 0 Å². The molecule has 216 valence electrons. The van der Waals surface area contributed by atoms with Gasteiger partial charge in [-0.15, -0.1) is 11.3 Å². The highest BCUT2D eigenvalue weighted by Gasteiger charge is 2.16. The lowest BCUT2D eigenvalue weighted by Crippen LogP contribution is -2.09. The van der Waals surface area contributed by atoms with Crippen molar-refractivity contribution >= 4 is 70.2 Å². The van der Waals surface area contributed by atoms with E-state index in [0.29, 0.717) is 0 Å². The van der Waals surface area contributed by atoms with Gasteiger partial charge in [0.15, 0.2) is 0 Å². The van der Waals surface area contributed by atoms with E-state index >= 15 is 0 Å². The van der Waals surface area contributed by atoms with Gasteiger partial charge >= 0.3 is 0 Å². The van der Waals surface area contributed by atoms with Crippen LogP contribution in [-0.4, -0.2) is 4.98 Å². The van der Waals surface area contributed by atoms with Crippen molar-refractivity contribution in [1.29, 1.82) is 0 Å². The summed E-state index contributed by atoms with van der Waals surface area (Å²) in [4.78, 5) is 6.96. The minimum atomic E-state index is 1.04. The maximum atomic E-state index is 4.60. The smallest absolute Gasteiger partial charge is 0.0716 e. The second-order valence-corrected chi connectivity index (χ2v) is 12.8. The van der Waals surface area contributed by atoms with Crippen LogP contribution in [0.1, 0.15) is 0 Å². The van der Waals surface area contributed by atoms with Crippen molar-refractivity contribution in [3.8, 4) is 22.3 Å². The highest BCUT2D eigenvalue weighted by molar-refractivity contribution is 7.25. The van der Waals surface area contributed by atoms with Crippen LogP contribution in [0.5, 0.6) is 0 Å². The summed E-state index contributed by atoms with van der Waals surface area (Å²) in [5.74, 6) is 0. The van der Waals surface area contributed by atoms with Gasteiger partial charge in [-0.25, -0.2) is 0 Å². The van der Waals surface area contributed by atoms with Crippen LogP contribution >= 0.6 is 11.3 Å². The number of aromatic nitrogens is 1. The van der Waals surface area contributed by atoms with Gasteiger partial charge in [0.25, 0.3) is 0 Å². The van der Waals surface area contributed by atoms with Gasteiger partial charge in [-0.1, -0.05) is 103 Å². The molecule has 9 aromatic rings. The summed E-state index contributed by atoms with van der Waals surface area (Å²) in [6, 6.07) is 59.2. The number of nitrogens with zero attached hydrogens (tertiary/aromatic N) is 2. The van der Waals surface area contributed by atoms with Crippen molar-refractivity contribution in [2.75, 3.05) is 4.90 Å². The monoisotopic (exact) mass is 604 g/mol. The molecule has 0 fully saturated rings. The Hall–Kier alpha value is -5.77. The summed E-state index contributed by atoms with van der Waals surface area (Å²) in [6.45, 7) is 0. The average molecular weight is 605 g/mol. The Bertz CT molecular complexity index is 2510. The lowest BCUT2D eigenvalue weighted by molar-refractivity contribution is 1.29. The van der Waals surface area contributed by atoms with Crippen LogP contribution in [0.2, 0.25) is 0 Å². The zero-order chi connectivity index (χ0) is 30.5. The Kier molecular flexibility index (Phi) is 6.36. The molecule has 0 aliphatic carbocycles. The Morgan fingerprint density at radius 1 is 0.391 bits per heavy atom. The van der Waals surface area contributed by atoms with Gasteiger partial charge < -0.3 is 4.90 Å². The molecule has 0 amide bonds. The molecule has 0 aliphatic heterocycles. The maximum Gasteiger partial charge on any atom is 0.0716 e. The van der Waals surface area contributed by atoms with Crippen LogP contribution in [0.4, 0.5) is 17.1 Å². The fourth-order valence-electron chi connectivity index (χ4n) is 6.52. The summed E-state index contributed by atoms with van der Waals surface area (Å²) in [5.41, 5.74) is 9.25. The van der Waals surface area contributed by atoms with E-state index in [-0.39, 0.29) is 0 Å². The van der Waals surface area contributed by atoms with Crippen molar-refractivity contribution < 1.29 is 0 Å². The molecule has 0 spiro atoms. The molecule has 9 rings (SSSR count). The summed E-state index contributed by atoms with van der Waals surface area (Å²) >= 11 is 1.83. The minimum absolute atomic E-state index is 1.04. The molecule has 0 unspecified atom stereocenters. The standard InChI is InChI=1S/C43H28N2S/c1-2-7-29(8-3-1)31-14-18-36(19-15-31)45(37-20-16-32(17-21-37)34-13-12-30-9-4-5-10-33(30)25-34)38-22-23-39-40-26-35-11-6-24-44-41(35)28-43(40)46-42(39)27-38/h1-28H. The highest BCUT2D eigenvalue weighted by Crippen LogP contribution is 2.42. The van der Waals surface area contributed by atoms with E-state index < -0.39 is 0 Å². The molecule has 0 saturated carbocycles. The van der Waals surface area contributed by atoms with Crippen LogP contribution in [0.15, 0.2) is 170 Å². The molecule has 7 aromatic carbocycles. The zero-order valence-electron chi connectivity index (χ0n) is 25.0. The minimum Gasteiger partial charge on any atom is -0.310 e. The summed E-state index contributed by atoms with van der Waals surface area (Å²) in [5, 5.41) is 6.25. The molecule has 2 nitrogen and oxygen atoms in total. The second-order valence-electron chi connectivity index (χ2n) is 11.7. The Balaban J connectivity index is 1.15. The summed E-state index contributed by atoms with van der Waals surface area (Å²) in [6.07, 6.45) is 1.87. The van der Waals surface area contributed by atoms with E-state index in [1.165, 1.54) is 58.6 Å². The average Bonchev–Trinajstić information content (AvgIpc) is 3.48. The first-order chi connectivity index (χ1) is 22.8. The van der Waals surface area contributed by atoms with Crippen molar-refractivity contribution in [2.24, 2.45) is 0 Å². The van der Waals surface area contributed by atoms with E-state index in [1.54, 1.807) is 0 Å². The molecule has 2 aromatic heterocycles. The third-order valence-electron chi connectivity index (χ3n) is 8.88. The summed E-state index contributed by atoms with van der Waals surface area (Å²) in [7, 11) is 0. The van der Waals surface area contributed by atoms with Gasteiger partial charge in [0, 0.05) is 48.8 Å². The topological polar surface area (TPSA) is 16.1 Å². The molecule has 0 atom stereocenters. The number of pyridine rings is 1. The van der Waals surface area contributed by atoms with Crippen LogP contribution < -0.4 is 4.90 Å². The van der Waals surface area contributed by atoms with E-state index in [0.717, 1.165) is 22.6 Å². The molecule has 0 radical (unpaired) electrons. The first-order valence-electron chi connectivity index (χ1n) is 15.5. The van der Waals surface area contributed by atoms with Gasteiger partial charge in [-0.3, -0.25) is 4.98 Å². The van der Waals surface area contributed by atoms with E-state index in [2.05, 4.69) is 168 Å². The number of hydrogen-bond donors (Lipinski definition) is 0. The van der Waals surface area contributed by atoms with Crippen LogP contribution in [-0.2, 0) is 0 Å². The van der Waals surface area contributed by atoms with Gasteiger partial charge in [-0.2, -0.15) is 0 Å². The number of fused-ring (bicyclic) bond motifs is 5. The molecule has 2 heterocycles. The molecule has 0 N–H and O–H groups in total. The largest absolute Gasteiger partial charge is 0.310 e. The quantitative estimate of drug-likeness (QED) is 0.194. The van der Waals surface area contributed by atoms with Gasteiger partial charge in [0.1, 0.15) is 0 Å². The third-order valence-corrected chi connectivity index (χ3v) is 9.99. The number of thiophene rings is 1. The maximum absolute atomic E-state index is 4.60. The highest BCUT2D eigenvalue weighted by atomic mass is 32.1. The number of hydrogen-bond acceptors (Lipinski definition) is 3. The number of rotatable bonds is 5. The van der Waals surface area contributed by atoms with Crippen LogP contribution in [0.3, 0.4) is 0 Å². The van der Waals surface area contributed by atoms with Crippen molar-refractivity contribution in [3.05, 3.63) is 170 Å². The van der Waals surface area contributed by atoms with Crippen LogP contribution in [0, 0.1) is 0 Å². The Morgan fingerprint density at radius 2 is 1.00 bits per heavy atom. The van der Waals surface area contributed by atoms with Gasteiger partial charge in [0.05, 0.1) is 5.52 Å². The normalized spacial score (nSPS) is 11.5. The first-order valence-corrected chi connectivity index (χ1v) is 16.3. The van der Waals surface area contributed by atoms with Crippen molar-refractivity contribution in [1.82, 2.24) is 4.98 Å². The SMILES string of the molecule is c1ccc(-c2ccc(N(c3ccc(-c4ccc5ccccc5c4)cc3)c3ccc4c(c3)sc3cc5ncccc5cc34)cc2)cc1. The molecule has 0 saturated heterocycles. The predicted octanol–water partition coefficient (Wildman–Crippen LogP) is 12.6. The first kappa shape index (κ1) is 26.6. The van der Waals surface area contributed by atoms with Gasteiger partial charge in [0.2, 0.25) is 0 Å². The molecule has 0 aliphatic rings. The number of benzene rings is 7. The lowest BCUT2D eigenvalue weighted by atomic mass is 10.0. The van der Waals surface area contributed by atoms with Gasteiger partial charge in [-0.05, 0) is 93.7 Å². The number of anilines is 3.